The monoisotopic (exact) mass is 313 g/mol. The quantitative estimate of drug-likeness (QED) is 0.880. The smallest absolute Gasteiger partial charge is 0.308 e. The van der Waals surface area contributed by atoms with Gasteiger partial charge in [0.05, 0.1) is 31.4 Å². The first-order valence-electron chi connectivity index (χ1n) is 7.51. The summed E-state index contributed by atoms with van der Waals surface area (Å²) in [5.41, 5.74) is 3.09. The maximum Gasteiger partial charge on any atom is 0.308 e. The van der Waals surface area contributed by atoms with Crippen LogP contribution >= 0.6 is 0 Å². The Morgan fingerprint density at radius 3 is 2.83 bits per heavy atom. The topological polar surface area (TPSA) is 76.6 Å². The highest BCUT2D eigenvalue weighted by molar-refractivity contribution is 6.00. The van der Waals surface area contributed by atoms with Crippen LogP contribution in [0.15, 0.2) is 35.5 Å². The first kappa shape index (κ1) is 15.3. The maximum atomic E-state index is 11.8. The molecular weight excluding hydrogens is 294 g/mol. The lowest BCUT2D eigenvalue weighted by molar-refractivity contribution is -0.141. The molecule has 1 atom stereocenters. The number of nitrogens with zero attached hydrogens (tertiary/aromatic N) is 2. The van der Waals surface area contributed by atoms with Gasteiger partial charge in [-0.15, -0.1) is 0 Å². The van der Waals surface area contributed by atoms with Crippen LogP contribution in [0.3, 0.4) is 0 Å². The lowest BCUT2D eigenvalue weighted by atomic mass is 9.87. The van der Waals surface area contributed by atoms with Crippen molar-refractivity contribution in [2.45, 2.75) is 25.8 Å². The van der Waals surface area contributed by atoms with Gasteiger partial charge in [-0.1, -0.05) is 6.07 Å². The average Bonchev–Trinajstić information content (AvgIpc) is 3.15. The van der Waals surface area contributed by atoms with Gasteiger partial charge in [0.1, 0.15) is 0 Å². The van der Waals surface area contributed by atoms with Gasteiger partial charge in [-0.05, 0) is 43.2 Å². The van der Waals surface area contributed by atoms with Crippen LogP contribution in [0.1, 0.15) is 31.4 Å². The molecule has 23 heavy (non-hydrogen) atoms. The number of aromatic nitrogens is 2. The van der Waals surface area contributed by atoms with Crippen molar-refractivity contribution in [2.75, 3.05) is 13.7 Å². The predicted molar refractivity (Wildman–Crippen MR) is 86.2 cm³/mol. The molecule has 2 aromatic rings. The third-order valence-corrected chi connectivity index (χ3v) is 3.99. The Hall–Kier alpha value is -2.63. The van der Waals surface area contributed by atoms with Crippen molar-refractivity contribution < 1.29 is 14.3 Å². The molecule has 0 fully saturated rings. The molecule has 2 heterocycles. The number of rotatable bonds is 4. The Kier molecular flexibility index (Phi) is 3.90. The summed E-state index contributed by atoms with van der Waals surface area (Å²) in [6, 6.07) is 7.90. The summed E-state index contributed by atoms with van der Waals surface area (Å²) in [4.78, 5) is 16.5. The molecule has 0 bridgehead atoms. The van der Waals surface area contributed by atoms with E-state index in [1.165, 1.54) is 7.11 Å². The van der Waals surface area contributed by atoms with Crippen LogP contribution in [0.5, 0.6) is 0 Å². The predicted octanol–water partition coefficient (Wildman–Crippen LogP) is 2.65. The van der Waals surface area contributed by atoms with Gasteiger partial charge < -0.3 is 9.47 Å². The van der Waals surface area contributed by atoms with Crippen LogP contribution in [0.25, 0.3) is 11.3 Å². The van der Waals surface area contributed by atoms with Gasteiger partial charge in [-0.2, -0.15) is 5.10 Å². The molecule has 1 aromatic heterocycles. The number of esters is 1. The van der Waals surface area contributed by atoms with Gasteiger partial charge >= 0.3 is 5.97 Å². The highest BCUT2D eigenvalue weighted by Crippen LogP contribution is 2.40. The number of nitrogens with one attached hydrogen (secondary N) is 1. The zero-order valence-electron chi connectivity index (χ0n) is 13.4. The van der Waals surface area contributed by atoms with Crippen LogP contribution in [0, 0.1) is 0 Å². The Morgan fingerprint density at radius 2 is 2.17 bits per heavy atom. The molecule has 1 N–H and O–H groups in total. The minimum Gasteiger partial charge on any atom is -0.478 e. The summed E-state index contributed by atoms with van der Waals surface area (Å²) < 4.78 is 10.5. The van der Waals surface area contributed by atoms with Crippen LogP contribution in [0.2, 0.25) is 0 Å². The van der Waals surface area contributed by atoms with Crippen molar-refractivity contribution >= 4 is 11.9 Å². The van der Waals surface area contributed by atoms with Crippen LogP contribution in [-0.2, 0) is 19.8 Å². The van der Waals surface area contributed by atoms with E-state index in [4.69, 9.17) is 9.47 Å². The number of aromatic amines is 1. The number of hydrogen-bond donors (Lipinski definition) is 1. The van der Waals surface area contributed by atoms with E-state index in [-0.39, 0.29) is 12.4 Å². The number of ether oxygens (including phenoxy) is 2. The Balaban J connectivity index is 2.07. The molecule has 0 saturated carbocycles. The molecule has 0 radical (unpaired) electrons. The summed E-state index contributed by atoms with van der Waals surface area (Å²) in [7, 11) is 1.38. The number of carbonyl (C=O) groups excluding carboxylic acids is 1. The van der Waals surface area contributed by atoms with E-state index < -0.39 is 5.54 Å². The molecule has 6 nitrogen and oxygen atoms in total. The summed E-state index contributed by atoms with van der Waals surface area (Å²) >= 11 is 0. The molecule has 0 aliphatic carbocycles. The summed E-state index contributed by atoms with van der Waals surface area (Å²) in [5.74, 6) is 0.275. The second-order valence-corrected chi connectivity index (χ2v) is 5.61. The SMILES string of the molecule is CCOC1=NC(C)(CC(=O)OC)c2cc(-c3ccn[nH]3)ccc21. The lowest BCUT2D eigenvalue weighted by Crippen LogP contribution is -2.22. The highest BCUT2D eigenvalue weighted by Gasteiger charge is 2.39. The second-order valence-electron chi connectivity index (χ2n) is 5.61. The lowest BCUT2D eigenvalue weighted by Gasteiger charge is -2.21. The van der Waals surface area contributed by atoms with Crippen LogP contribution < -0.4 is 0 Å². The molecule has 0 spiro atoms. The number of H-pyrrole nitrogens is 1. The number of hydrogen-bond acceptors (Lipinski definition) is 5. The minimum atomic E-state index is -0.692. The first-order chi connectivity index (χ1) is 11.1. The molecule has 1 aliphatic heterocycles. The zero-order valence-corrected chi connectivity index (χ0v) is 13.4. The largest absolute Gasteiger partial charge is 0.478 e. The third-order valence-electron chi connectivity index (χ3n) is 3.99. The molecule has 1 aromatic carbocycles. The van der Waals surface area contributed by atoms with E-state index in [9.17, 15) is 4.79 Å². The van der Waals surface area contributed by atoms with Crippen LogP contribution in [-0.4, -0.2) is 35.8 Å². The Morgan fingerprint density at radius 1 is 1.35 bits per heavy atom. The Labute approximate surface area is 134 Å². The number of carbonyl (C=O) groups is 1. The summed E-state index contributed by atoms with van der Waals surface area (Å²) in [6.07, 6.45) is 1.87. The first-order valence-corrected chi connectivity index (χ1v) is 7.51. The highest BCUT2D eigenvalue weighted by atomic mass is 16.5. The fourth-order valence-electron chi connectivity index (χ4n) is 2.84. The number of aliphatic imine (C=N–C) groups is 1. The van der Waals surface area contributed by atoms with E-state index in [1.54, 1.807) is 6.20 Å². The molecule has 120 valence electrons. The van der Waals surface area contributed by atoms with E-state index >= 15 is 0 Å². The molecule has 0 saturated heterocycles. The summed E-state index contributed by atoms with van der Waals surface area (Å²) in [6.45, 7) is 4.36. The van der Waals surface area contributed by atoms with Crippen molar-refractivity contribution in [1.29, 1.82) is 0 Å². The average molecular weight is 313 g/mol. The normalized spacial score (nSPS) is 19.2. The molecule has 1 aliphatic rings. The van der Waals surface area contributed by atoms with Crippen molar-refractivity contribution in [3.63, 3.8) is 0 Å². The number of methoxy groups -OCH3 is 1. The van der Waals surface area contributed by atoms with Gasteiger partial charge in [-0.25, -0.2) is 4.99 Å². The van der Waals surface area contributed by atoms with Crippen molar-refractivity contribution in [2.24, 2.45) is 4.99 Å². The van der Waals surface area contributed by atoms with Gasteiger partial charge in [0.15, 0.2) is 0 Å². The molecule has 6 heteroatoms. The maximum absolute atomic E-state index is 11.8. The minimum absolute atomic E-state index is 0.166. The molecule has 3 rings (SSSR count). The standard InChI is InChI=1S/C17H19N3O3/c1-4-23-16-12-6-5-11(14-7-8-18-20-14)9-13(12)17(2,19-16)10-15(21)22-3/h5-9H,4,10H2,1-3H3,(H,18,20). The van der Waals surface area contributed by atoms with E-state index in [0.717, 1.165) is 22.4 Å². The van der Waals surface area contributed by atoms with Gasteiger partial charge in [0, 0.05) is 11.8 Å². The zero-order chi connectivity index (χ0) is 16.4. The number of fused-ring (bicyclic) bond motifs is 1. The van der Waals surface area contributed by atoms with Crippen molar-refractivity contribution in [1.82, 2.24) is 10.2 Å². The van der Waals surface area contributed by atoms with E-state index in [0.29, 0.717) is 12.5 Å². The van der Waals surface area contributed by atoms with Gasteiger partial charge in [0.25, 0.3) is 0 Å². The third kappa shape index (κ3) is 2.72. The molecule has 0 amide bonds. The summed E-state index contributed by atoms with van der Waals surface area (Å²) in [5, 5.41) is 6.93. The van der Waals surface area contributed by atoms with Gasteiger partial charge in [0.2, 0.25) is 5.90 Å². The van der Waals surface area contributed by atoms with Crippen LogP contribution in [0.4, 0.5) is 0 Å². The fraction of sp³-hybridized carbons (Fsp3) is 0.353. The Bertz CT molecular complexity index is 752. The van der Waals surface area contributed by atoms with E-state index in [1.807, 2.05) is 38.1 Å². The van der Waals surface area contributed by atoms with E-state index in [2.05, 4.69) is 15.2 Å². The number of benzene rings is 1. The van der Waals surface area contributed by atoms with Gasteiger partial charge in [-0.3, -0.25) is 9.89 Å². The second kappa shape index (κ2) is 5.87. The molecular formula is C17H19N3O3. The fourth-order valence-corrected chi connectivity index (χ4v) is 2.84. The van der Waals surface area contributed by atoms with Crippen molar-refractivity contribution in [3.8, 4) is 11.3 Å². The van der Waals surface area contributed by atoms with Crippen molar-refractivity contribution in [3.05, 3.63) is 41.6 Å². The molecule has 1 unspecified atom stereocenters.